The van der Waals surface area contributed by atoms with Gasteiger partial charge in [0, 0.05) is 29.8 Å². The number of rotatable bonds is 2. The minimum Gasteiger partial charge on any atom is -0.388 e. The lowest BCUT2D eigenvalue weighted by atomic mass is 10.1. The molecule has 112 valence electrons. The molecule has 0 aliphatic carbocycles. The predicted octanol–water partition coefficient (Wildman–Crippen LogP) is 5.01. The van der Waals surface area contributed by atoms with Gasteiger partial charge >= 0.3 is 0 Å². The summed E-state index contributed by atoms with van der Waals surface area (Å²) in [6, 6.07) is 6.73. The predicted molar refractivity (Wildman–Crippen MR) is 94.2 cm³/mol. The van der Waals surface area contributed by atoms with Crippen molar-refractivity contribution >= 4 is 34.3 Å². The number of hydrogen-bond donors (Lipinski definition) is 1. The second kappa shape index (κ2) is 5.90. The number of aryl methyl sites for hydroxylation is 3. The fourth-order valence-electron chi connectivity index (χ4n) is 3.23. The Morgan fingerprint density at radius 1 is 1.19 bits per heavy atom. The summed E-state index contributed by atoms with van der Waals surface area (Å²) in [5.41, 5.74) is 6.62. The summed E-state index contributed by atoms with van der Waals surface area (Å²) in [6.07, 6.45) is 2.33. The first-order valence-electron chi connectivity index (χ1n) is 7.39. The third-order valence-corrected chi connectivity index (χ3v) is 5.50. The zero-order chi connectivity index (χ0) is 15.0. The Morgan fingerprint density at radius 3 is 2.57 bits per heavy atom. The van der Waals surface area contributed by atoms with Gasteiger partial charge in [-0.2, -0.15) is 0 Å². The molecular formula is C17H21ClN2S. The molecule has 21 heavy (non-hydrogen) atoms. The van der Waals surface area contributed by atoms with Gasteiger partial charge in [-0.15, -0.1) is 11.3 Å². The van der Waals surface area contributed by atoms with Crippen molar-refractivity contribution in [2.45, 2.75) is 33.2 Å². The highest BCUT2D eigenvalue weighted by Crippen LogP contribution is 2.34. The zero-order valence-corrected chi connectivity index (χ0v) is 14.4. The first kappa shape index (κ1) is 14.7. The molecule has 2 heterocycles. The summed E-state index contributed by atoms with van der Waals surface area (Å²) < 4.78 is 0.916. The van der Waals surface area contributed by atoms with E-state index in [2.05, 4.69) is 42.3 Å². The highest BCUT2D eigenvalue weighted by molar-refractivity contribution is 7.16. The highest BCUT2D eigenvalue weighted by atomic mass is 35.5. The second-order valence-electron chi connectivity index (χ2n) is 5.73. The molecule has 0 fully saturated rings. The largest absolute Gasteiger partial charge is 0.388 e. The van der Waals surface area contributed by atoms with Crippen LogP contribution in [0.1, 0.15) is 28.0 Å². The lowest BCUT2D eigenvalue weighted by Crippen LogP contribution is -2.22. The Labute approximate surface area is 135 Å². The van der Waals surface area contributed by atoms with Gasteiger partial charge in [0.1, 0.15) is 0 Å². The maximum atomic E-state index is 6.18. The van der Waals surface area contributed by atoms with Gasteiger partial charge in [0.05, 0.1) is 10.9 Å². The Bertz CT molecular complexity index is 640. The number of nitrogens with zero attached hydrogens (tertiary/aromatic N) is 1. The monoisotopic (exact) mass is 320 g/mol. The van der Waals surface area contributed by atoms with E-state index in [4.69, 9.17) is 11.6 Å². The number of fused-ring (bicyclic) bond motifs is 1. The molecule has 0 saturated carbocycles. The number of halogens is 1. The summed E-state index contributed by atoms with van der Waals surface area (Å²) in [5, 5.41) is 3.29. The lowest BCUT2D eigenvalue weighted by Gasteiger charge is -2.25. The smallest absolute Gasteiger partial charge is 0.0934 e. The Kier molecular flexibility index (Phi) is 4.14. The van der Waals surface area contributed by atoms with Crippen LogP contribution in [0, 0.1) is 13.8 Å². The highest BCUT2D eigenvalue weighted by Gasteiger charge is 2.18. The zero-order valence-electron chi connectivity index (χ0n) is 12.8. The van der Waals surface area contributed by atoms with Crippen molar-refractivity contribution < 1.29 is 0 Å². The van der Waals surface area contributed by atoms with E-state index in [9.17, 15) is 0 Å². The van der Waals surface area contributed by atoms with Gasteiger partial charge < -0.3 is 10.2 Å². The van der Waals surface area contributed by atoms with Gasteiger partial charge in [-0.25, -0.2) is 0 Å². The molecule has 4 heteroatoms. The third kappa shape index (κ3) is 2.90. The molecular weight excluding hydrogens is 300 g/mol. The first-order valence-corrected chi connectivity index (χ1v) is 8.59. The molecule has 2 aromatic rings. The number of hydrogen-bond acceptors (Lipinski definition) is 3. The van der Waals surface area contributed by atoms with Gasteiger partial charge in [0.25, 0.3) is 0 Å². The van der Waals surface area contributed by atoms with Crippen LogP contribution in [0.4, 0.5) is 11.4 Å². The van der Waals surface area contributed by atoms with Crippen LogP contribution >= 0.6 is 22.9 Å². The minimum absolute atomic E-state index is 0.916. The topological polar surface area (TPSA) is 15.3 Å². The summed E-state index contributed by atoms with van der Waals surface area (Å²) in [5.74, 6) is 0. The first-order chi connectivity index (χ1) is 10.1. The quantitative estimate of drug-likeness (QED) is 0.836. The molecule has 1 aliphatic rings. The molecule has 0 spiro atoms. The van der Waals surface area contributed by atoms with Gasteiger partial charge in [-0.05, 0) is 61.6 Å². The van der Waals surface area contributed by atoms with Crippen LogP contribution in [0.2, 0.25) is 4.34 Å². The van der Waals surface area contributed by atoms with Gasteiger partial charge in [0.2, 0.25) is 0 Å². The van der Waals surface area contributed by atoms with E-state index in [0.717, 1.165) is 23.8 Å². The van der Waals surface area contributed by atoms with Crippen molar-refractivity contribution in [2.75, 3.05) is 23.8 Å². The normalized spacial score (nSPS) is 14.8. The lowest BCUT2D eigenvalue weighted by molar-refractivity contribution is 0.767. The van der Waals surface area contributed by atoms with E-state index in [1.165, 1.54) is 39.4 Å². The SMILES string of the molecule is CNc1c(C)cc(N2CCCc3cc(Cl)sc3C2)cc1C. The van der Waals surface area contributed by atoms with E-state index in [0.29, 0.717) is 0 Å². The van der Waals surface area contributed by atoms with Crippen molar-refractivity contribution in [2.24, 2.45) is 0 Å². The molecule has 1 aliphatic heterocycles. The maximum absolute atomic E-state index is 6.18. The molecule has 1 aromatic carbocycles. The van der Waals surface area contributed by atoms with E-state index >= 15 is 0 Å². The number of thiophene rings is 1. The van der Waals surface area contributed by atoms with Crippen LogP contribution in [0.25, 0.3) is 0 Å². The molecule has 0 unspecified atom stereocenters. The average Bonchev–Trinajstić information content (AvgIpc) is 2.65. The van der Waals surface area contributed by atoms with Crippen LogP contribution in [0.15, 0.2) is 18.2 Å². The summed E-state index contributed by atoms with van der Waals surface area (Å²) in [4.78, 5) is 3.91. The Hall–Kier alpha value is -1.19. The van der Waals surface area contributed by atoms with Gasteiger partial charge in [-0.1, -0.05) is 11.6 Å². The fourth-order valence-corrected chi connectivity index (χ4v) is 4.59. The molecule has 0 radical (unpaired) electrons. The van der Waals surface area contributed by atoms with Crippen LogP contribution in [-0.4, -0.2) is 13.6 Å². The van der Waals surface area contributed by atoms with E-state index < -0.39 is 0 Å². The Balaban J connectivity index is 1.94. The third-order valence-electron chi connectivity index (χ3n) is 4.21. The summed E-state index contributed by atoms with van der Waals surface area (Å²) in [6.45, 7) is 6.43. The van der Waals surface area contributed by atoms with E-state index in [-0.39, 0.29) is 0 Å². The van der Waals surface area contributed by atoms with Crippen molar-refractivity contribution in [3.63, 3.8) is 0 Å². The minimum atomic E-state index is 0.916. The van der Waals surface area contributed by atoms with Crippen LogP contribution in [0.5, 0.6) is 0 Å². The van der Waals surface area contributed by atoms with Crippen molar-refractivity contribution in [3.8, 4) is 0 Å². The fraction of sp³-hybridized carbons (Fsp3) is 0.412. The molecule has 2 nitrogen and oxygen atoms in total. The van der Waals surface area contributed by atoms with Crippen molar-refractivity contribution in [1.29, 1.82) is 0 Å². The van der Waals surface area contributed by atoms with Crippen molar-refractivity contribution in [3.05, 3.63) is 44.1 Å². The maximum Gasteiger partial charge on any atom is 0.0934 e. The van der Waals surface area contributed by atoms with Gasteiger partial charge in [0.15, 0.2) is 0 Å². The van der Waals surface area contributed by atoms with Crippen molar-refractivity contribution in [1.82, 2.24) is 0 Å². The molecule has 0 atom stereocenters. The number of nitrogens with one attached hydrogen (secondary N) is 1. The Morgan fingerprint density at radius 2 is 1.90 bits per heavy atom. The van der Waals surface area contributed by atoms with E-state index in [1.807, 2.05) is 7.05 Å². The van der Waals surface area contributed by atoms with Crippen LogP contribution in [-0.2, 0) is 13.0 Å². The van der Waals surface area contributed by atoms with Crippen LogP contribution < -0.4 is 10.2 Å². The standard InChI is InChI=1S/C17H21ClN2S/c1-11-7-14(8-12(2)17(11)19-3)20-6-4-5-13-9-16(18)21-15(13)10-20/h7-9,19H,4-6,10H2,1-3H3. The molecule has 0 bridgehead atoms. The summed E-state index contributed by atoms with van der Waals surface area (Å²) in [7, 11) is 1.99. The second-order valence-corrected chi connectivity index (χ2v) is 7.50. The van der Waals surface area contributed by atoms with Crippen LogP contribution in [0.3, 0.4) is 0 Å². The molecule has 0 amide bonds. The van der Waals surface area contributed by atoms with Gasteiger partial charge in [-0.3, -0.25) is 0 Å². The molecule has 0 saturated heterocycles. The van der Waals surface area contributed by atoms with E-state index in [1.54, 1.807) is 11.3 Å². The number of benzene rings is 1. The average molecular weight is 321 g/mol. The molecule has 1 aromatic heterocycles. The molecule has 1 N–H and O–H groups in total. The number of anilines is 2. The summed E-state index contributed by atoms with van der Waals surface area (Å²) >= 11 is 7.91. The molecule has 3 rings (SSSR count).